The van der Waals surface area contributed by atoms with Gasteiger partial charge in [-0.15, -0.1) is 24.8 Å². The van der Waals surface area contributed by atoms with E-state index in [9.17, 15) is 18.0 Å². The first kappa shape index (κ1) is 15.4. The summed E-state index contributed by atoms with van der Waals surface area (Å²) in [7, 11) is 2.29. The SMILES string of the molecule is COC(=O)c1nc(OC(F)(F)F)c(CCl)cc1OC. The van der Waals surface area contributed by atoms with Crippen LogP contribution >= 0.6 is 11.6 Å². The van der Waals surface area contributed by atoms with Gasteiger partial charge in [-0.05, 0) is 6.07 Å². The molecule has 0 N–H and O–H groups in total. The second-order valence-electron chi connectivity index (χ2n) is 3.18. The highest BCUT2D eigenvalue weighted by Gasteiger charge is 2.34. The molecule has 0 spiro atoms. The van der Waals surface area contributed by atoms with Crippen LogP contribution in [0.5, 0.6) is 11.6 Å². The van der Waals surface area contributed by atoms with Crippen molar-refractivity contribution in [2.75, 3.05) is 14.2 Å². The van der Waals surface area contributed by atoms with Crippen LogP contribution in [-0.2, 0) is 10.6 Å². The van der Waals surface area contributed by atoms with E-state index in [1.165, 1.54) is 7.11 Å². The molecule has 0 aliphatic heterocycles. The van der Waals surface area contributed by atoms with Gasteiger partial charge in [0.2, 0.25) is 5.88 Å². The van der Waals surface area contributed by atoms with Gasteiger partial charge in [0, 0.05) is 5.56 Å². The molecule has 0 aromatic carbocycles. The zero-order chi connectivity index (χ0) is 14.6. The van der Waals surface area contributed by atoms with Crippen LogP contribution in [0.3, 0.4) is 0 Å². The summed E-state index contributed by atoms with van der Waals surface area (Å²) in [6.07, 6.45) is -4.95. The molecule has 0 saturated heterocycles. The first-order valence-corrected chi connectivity index (χ1v) is 5.33. The Hall–Kier alpha value is -1.70. The zero-order valence-corrected chi connectivity index (χ0v) is 10.6. The molecule has 1 rings (SSSR count). The molecule has 9 heteroatoms. The Balaban J connectivity index is 3.33. The second kappa shape index (κ2) is 5.96. The fraction of sp³-hybridized carbons (Fsp3) is 0.400. The number of ether oxygens (including phenoxy) is 3. The fourth-order valence-corrected chi connectivity index (χ4v) is 1.40. The minimum Gasteiger partial charge on any atom is -0.494 e. The lowest BCUT2D eigenvalue weighted by molar-refractivity contribution is -0.276. The molecular formula is C10H9ClF3NO4. The van der Waals surface area contributed by atoms with Gasteiger partial charge in [-0.3, -0.25) is 0 Å². The lowest BCUT2D eigenvalue weighted by Gasteiger charge is -2.14. The van der Waals surface area contributed by atoms with E-state index in [0.717, 1.165) is 13.2 Å². The minimum absolute atomic E-state index is 0.0583. The smallest absolute Gasteiger partial charge is 0.494 e. The topological polar surface area (TPSA) is 57.7 Å². The highest BCUT2D eigenvalue weighted by atomic mass is 35.5. The number of hydrogen-bond donors (Lipinski definition) is 0. The Kier molecular flexibility index (Phi) is 4.82. The summed E-state index contributed by atoms with van der Waals surface area (Å²) < 4.78 is 49.5. The monoisotopic (exact) mass is 299 g/mol. The van der Waals surface area contributed by atoms with Gasteiger partial charge in [-0.25, -0.2) is 9.78 Å². The van der Waals surface area contributed by atoms with E-state index in [2.05, 4.69) is 14.5 Å². The van der Waals surface area contributed by atoms with Crippen LogP contribution in [0.4, 0.5) is 13.2 Å². The molecule has 0 aliphatic carbocycles. The van der Waals surface area contributed by atoms with Crippen molar-refractivity contribution < 1.29 is 32.2 Å². The Morgan fingerprint density at radius 1 is 1.42 bits per heavy atom. The minimum atomic E-state index is -4.95. The molecule has 0 radical (unpaired) electrons. The van der Waals surface area contributed by atoms with Crippen molar-refractivity contribution in [2.45, 2.75) is 12.2 Å². The predicted molar refractivity (Wildman–Crippen MR) is 58.4 cm³/mol. The first-order chi connectivity index (χ1) is 8.82. The van der Waals surface area contributed by atoms with Gasteiger partial charge in [0.05, 0.1) is 20.1 Å². The number of hydrogen-bond acceptors (Lipinski definition) is 5. The molecule has 1 aromatic heterocycles. The van der Waals surface area contributed by atoms with Crippen molar-refractivity contribution in [1.29, 1.82) is 0 Å². The van der Waals surface area contributed by atoms with Crippen LogP contribution in [0.2, 0.25) is 0 Å². The number of carbonyl (C=O) groups excluding carboxylic acids is 1. The van der Waals surface area contributed by atoms with Gasteiger partial charge in [-0.2, -0.15) is 0 Å². The lowest BCUT2D eigenvalue weighted by Crippen LogP contribution is -2.20. The van der Waals surface area contributed by atoms with Crippen molar-refractivity contribution in [1.82, 2.24) is 4.98 Å². The van der Waals surface area contributed by atoms with Gasteiger partial charge in [-0.1, -0.05) is 0 Å². The Morgan fingerprint density at radius 3 is 2.47 bits per heavy atom. The summed E-state index contributed by atoms with van der Waals surface area (Å²) >= 11 is 5.50. The Morgan fingerprint density at radius 2 is 2.05 bits per heavy atom. The third-order valence-electron chi connectivity index (χ3n) is 1.98. The van der Waals surface area contributed by atoms with Crippen molar-refractivity contribution in [3.63, 3.8) is 0 Å². The molecule has 0 amide bonds. The largest absolute Gasteiger partial charge is 0.574 e. The highest BCUT2D eigenvalue weighted by molar-refractivity contribution is 6.17. The quantitative estimate of drug-likeness (QED) is 0.631. The maximum atomic E-state index is 12.2. The van der Waals surface area contributed by atoms with E-state index < -0.39 is 23.9 Å². The Labute approximate surface area is 111 Å². The molecule has 1 heterocycles. The third-order valence-corrected chi connectivity index (χ3v) is 2.27. The van der Waals surface area contributed by atoms with E-state index in [4.69, 9.17) is 16.3 Å². The second-order valence-corrected chi connectivity index (χ2v) is 3.44. The van der Waals surface area contributed by atoms with Crippen molar-refractivity contribution in [2.24, 2.45) is 0 Å². The van der Waals surface area contributed by atoms with Crippen LogP contribution in [0, 0.1) is 0 Å². The molecule has 0 atom stereocenters. The number of nitrogens with zero attached hydrogens (tertiary/aromatic N) is 1. The number of halogens is 4. The maximum absolute atomic E-state index is 12.2. The number of alkyl halides is 4. The molecule has 0 aliphatic rings. The summed E-state index contributed by atoms with van der Waals surface area (Å²) in [5.74, 6) is -2.12. The van der Waals surface area contributed by atoms with E-state index in [1.807, 2.05) is 0 Å². The molecule has 106 valence electrons. The van der Waals surface area contributed by atoms with Crippen LogP contribution in [-0.4, -0.2) is 31.5 Å². The maximum Gasteiger partial charge on any atom is 0.574 e. The molecule has 0 unspecified atom stereocenters. The summed E-state index contributed by atoms with van der Waals surface area (Å²) in [5, 5.41) is 0. The summed E-state index contributed by atoms with van der Waals surface area (Å²) in [5.41, 5.74) is -0.499. The zero-order valence-electron chi connectivity index (χ0n) is 9.88. The van der Waals surface area contributed by atoms with Crippen molar-refractivity contribution in [3.05, 3.63) is 17.3 Å². The van der Waals surface area contributed by atoms with Gasteiger partial charge >= 0.3 is 12.3 Å². The lowest BCUT2D eigenvalue weighted by atomic mass is 10.2. The van der Waals surface area contributed by atoms with Crippen LogP contribution in [0.15, 0.2) is 6.07 Å². The summed E-state index contributed by atoms with van der Waals surface area (Å²) in [6, 6.07) is 1.13. The standard InChI is InChI=1S/C10H9ClF3NO4/c1-17-6-3-5(4-11)8(19-10(12,13)14)15-7(6)9(16)18-2/h3H,4H2,1-2H3. The van der Waals surface area contributed by atoms with Gasteiger partial charge < -0.3 is 14.2 Å². The van der Waals surface area contributed by atoms with Crippen LogP contribution in [0.25, 0.3) is 0 Å². The van der Waals surface area contributed by atoms with Gasteiger partial charge in [0.1, 0.15) is 0 Å². The molecule has 0 saturated carbocycles. The number of aromatic nitrogens is 1. The van der Waals surface area contributed by atoms with Gasteiger partial charge in [0.15, 0.2) is 11.4 Å². The van der Waals surface area contributed by atoms with Gasteiger partial charge in [0.25, 0.3) is 0 Å². The number of methoxy groups -OCH3 is 2. The molecule has 0 bridgehead atoms. The number of pyridine rings is 1. The van der Waals surface area contributed by atoms with Crippen LogP contribution in [0.1, 0.15) is 16.1 Å². The fourth-order valence-electron chi connectivity index (χ4n) is 1.21. The summed E-state index contributed by atoms with van der Waals surface area (Å²) in [4.78, 5) is 14.8. The number of rotatable bonds is 4. The average molecular weight is 300 g/mol. The Bertz CT molecular complexity index is 479. The van der Waals surface area contributed by atoms with E-state index in [1.54, 1.807) is 0 Å². The molecular weight excluding hydrogens is 291 g/mol. The van der Waals surface area contributed by atoms with Crippen LogP contribution < -0.4 is 9.47 Å². The first-order valence-electron chi connectivity index (χ1n) is 4.80. The van der Waals surface area contributed by atoms with E-state index in [0.29, 0.717) is 0 Å². The van der Waals surface area contributed by atoms with E-state index in [-0.39, 0.29) is 17.2 Å². The highest BCUT2D eigenvalue weighted by Crippen LogP contribution is 2.30. The third kappa shape index (κ3) is 3.88. The predicted octanol–water partition coefficient (Wildman–Crippen LogP) is 2.51. The molecule has 1 aromatic rings. The molecule has 19 heavy (non-hydrogen) atoms. The van der Waals surface area contributed by atoms with Crippen molar-refractivity contribution >= 4 is 17.6 Å². The summed E-state index contributed by atoms with van der Waals surface area (Å²) in [6.45, 7) is 0. The normalized spacial score (nSPS) is 11.1. The van der Waals surface area contributed by atoms with Crippen molar-refractivity contribution in [3.8, 4) is 11.6 Å². The number of esters is 1. The van der Waals surface area contributed by atoms with E-state index >= 15 is 0 Å². The average Bonchev–Trinajstić information content (AvgIpc) is 2.35. The number of carbonyl (C=O) groups is 1. The molecule has 0 fully saturated rings. The molecule has 5 nitrogen and oxygen atoms in total.